The van der Waals surface area contributed by atoms with E-state index in [1.54, 1.807) is 12.5 Å². The lowest BCUT2D eigenvalue weighted by atomic mass is 10.0. The number of aromatic nitrogens is 1. The van der Waals surface area contributed by atoms with Crippen LogP contribution in [-0.2, 0) is 6.54 Å². The average Bonchev–Trinajstić information content (AvgIpc) is 3.36. The first-order valence-electron chi connectivity index (χ1n) is 8.42. The molecule has 0 spiro atoms. The average molecular weight is 366 g/mol. The zero-order valence-corrected chi connectivity index (χ0v) is 14.8. The highest BCUT2D eigenvalue weighted by atomic mass is 35.5. The number of nitrogens with zero attached hydrogens (tertiary/aromatic N) is 1. The number of hydrogen-bond acceptors (Lipinski definition) is 3. The summed E-state index contributed by atoms with van der Waals surface area (Å²) < 4.78 is 11.5. The zero-order valence-electron chi connectivity index (χ0n) is 14.0. The van der Waals surface area contributed by atoms with E-state index in [1.165, 1.54) is 5.56 Å². The molecule has 130 valence electrons. The van der Waals surface area contributed by atoms with Gasteiger partial charge in [-0.2, -0.15) is 0 Å². The molecule has 1 atom stereocenters. The van der Waals surface area contributed by atoms with E-state index in [0.717, 1.165) is 17.1 Å². The second-order valence-corrected chi connectivity index (χ2v) is 6.41. The maximum absolute atomic E-state index is 5.94. The number of hydrogen-bond donors (Lipinski definition) is 1. The van der Waals surface area contributed by atoms with Crippen LogP contribution in [0, 0.1) is 0 Å². The molecule has 2 aromatic carbocycles. The minimum atomic E-state index is 0.0529. The lowest BCUT2D eigenvalue weighted by Gasteiger charge is -2.12. The summed E-state index contributed by atoms with van der Waals surface area (Å²) in [5.74, 6) is 2.31. The molecule has 0 amide bonds. The van der Waals surface area contributed by atoms with Gasteiger partial charge in [-0.25, -0.2) is 4.98 Å². The van der Waals surface area contributed by atoms with E-state index < -0.39 is 0 Å². The predicted octanol–water partition coefficient (Wildman–Crippen LogP) is 4.44. The maximum Gasteiger partial charge on any atom is 0.250 e. The monoisotopic (exact) mass is 365 g/mol. The Morgan fingerprint density at radius 1 is 0.962 bits per heavy atom. The Morgan fingerprint density at radius 2 is 1.77 bits per heavy atom. The number of halogens is 1. The summed E-state index contributed by atoms with van der Waals surface area (Å²) >= 11 is 5.94. The van der Waals surface area contributed by atoms with Crippen molar-refractivity contribution in [3.8, 4) is 11.3 Å². The van der Waals surface area contributed by atoms with Crippen LogP contribution in [0.5, 0.6) is 0 Å². The van der Waals surface area contributed by atoms with Crippen molar-refractivity contribution < 1.29 is 14.2 Å². The molecule has 2 aromatic heterocycles. The van der Waals surface area contributed by atoms with E-state index in [2.05, 4.69) is 22.4 Å². The smallest absolute Gasteiger partial charge is 0.250 e. The first kappa shape index (κ1) is 16.6. The molecule has 0 radical (unpaired) electrons. The fourth-order valence-electron chi connectivity index (χ4n) is 2.92. The van der Waals surface area contributed by atoms with Crippen LogP contribution in [0.25, 0.3) is 11.3 Å². The van der Waals surface area contributed by atoms with Gasteiger partial charge >= 0.3 is 0 Å². The van der Waals surface area contributed by atoms with Gasteiger partial charge in [0.2, 0.25) is 0 Å². The third-order valence-corrected chi connectivity index (χ3v) is 4.47. The summed E-state index contributed by atoms with van der Waals surface area (Å²) in [4.78, 5) is 4.40. The van der Waals surface area contributed by atoms with Gasteiger partial charge in [-0.15, -0.1) is 0 Å². The number of furan rings is 1. The number of quaternary nitrogens is 1. The molecule has 26 heavy (non-hydrogen) atoms. The third-order valence-electron chi connectivity index (χ3n) is 4.22. The highest BCUT2D eigenvalue weighted by molar-refractivity contribution is 6.30. The predicted molar refractivity (Wildman–Crippen MR) is 99.6 cm³/mol. The van der Waals surface area contributed by atoms with Crippen molar-refractivity contribution in [1.29, 1.82) is 0 Å². The highest BCUT2D eigenvalue weighted by Gasteiger charge is 2.21. The van der Waals surface area contributed by atoms with Crippen molar-refractivity contribution in [3.05, 3.63) is 101 Å². The molecule has 0 saturated heterocycles. The van der Waals surface area contributed by atoms with Crippen LogP contribution >= 0.6 is 11.6 Å². The van der Waals surface area contributed by atoms with Gasteiger partial charge in [-0.05, 0) is 36.4 Å². The molecule has 4 aromatic rings. The van der Waals surface area contributed by atoms with Crippen molar-refractivity contribution in [1.82, 2.24) is 4.98 Å². The summed E-state index contributed by atoms with van der Waals surface area (Å²) in [7, 11) is 0. The van der Waals surface area contributed by atoms with Crippen LogP contribution in [0.4, 0.5) is 0 Å². The Kier molecular flexibility index (Phi) is 4.86. The van der Waals surface area contributed by atoms with E-state index in [4.69, 9.17) is 20.4 Å². The number of benzene rings is 2. The van der Waals surface area contributed by atoms with Gasteiger partial charge in [0.1, 0.15) is 0 Å². The summed E-state index contributed by atoms with van der Waals surface area (Å²) in [5.41, 5.74) is 2.13. The van der Waals surface area contributed by atoms with E-state index >= 15 is 0 Å². The molecule has 4 rings (SSSR count). The highest BCUT2D eigenvalue weighted by Crippen LogP contribution is 2.22. The second kappa shape index (κ2) is 7.60. The Labute approximate surface area is 156 Å². The standard InChI is InChI=1S/C21H17ClN2O2/c22-17-10-8-15(9-11-17)19-13-23-20(26-19)14-24-21(18-7-4-12-25-18)16-5-2-1-3-6-16/h1-13,21,24H,14H2/p+1/t21-/m1/s1. The molecule has 0 aliphatic rings. The zero-order chi connectivity index (χ0) is 17.8. The normalized spacial score (nSPS) is 12.2. The summed E-state index contributed by atoms with van der Waals surface area (Å²) in [6.07, 6.45) is 3.44. The molecule has 2 N–H and O–H groups in total. The SMILES string of the molecule is Clc1ccc(-c2cnc(C[NH2+][C@H](c3ccccc3)c3ccco3)o2)cc1. The van der Waals surface area contributed by atoms with E-state index in [9.17, 15) is 0 Å². The van der Waals surface area contributed by atoms with Crippen LogP contribution in [0.1, 0.15) is 23.3 Å². The van der Waals surface area contributed by atoms with E-state index in [0.29, 0.717) is 17.5 Å². The van der Waals surface area contributed by atoms with Crippen LogP contribution < -0.4 is 5.32 Å². The molecule has 0 fully saturated rings. The minimum Gasteiger partial charge on any atom is -0.463 e. The number of oxazole rings is 1. The molecule has 2 heterocycles. The molecule has 0 aliphatic heterocycles. The summed E-state index contributed by atoms with van der Waals surface area (Å²) in [5, 5.41) is 2.86. The third kappa shape index (κ3) is 3.72. The van der Waals surface area contributed by atoms with E-state index in [-0.39, 0.29) is 6.04 Å². The first-order chi connectivity index (χ1) is 12.8. The van der Waals surface area contributed by atoms with Gasteiger partial charge in [0.15, 0.2) is 24.1 Å². The Morgan fingerprint density at radius 3 is 2.50 bits per heavy atom. The molecule has 5 heteroatoms. The van der Waals surface area contributed by atoms with Gasteiger partial charge in [-0.3, -0.25) is 0 Å². The fraction of sp³-hybridized carbons (Fsp3) is 0.0952. The van der Waals surface area contributed by atoms with Crippen LogP contribution in [0.2, 0.25) is 5.02 Å². The van der Waals surface area contributed by atoms with Crippen molar-refractivity contribution in [2.75, 3.05) is 0 Å². The van der Waals surface area contributed by atoms with Crippen molar-refractivity contribution in [2.24, 2.45) is 0 Å². The van der Waals surface area contributed by atoms with Gasteiger partial charge in [0.05, 0.1) is 12.5 Å². The van der Waals surface area contributed by atoms with Crippen molar-refractivity contribution in [2.45, 2.75) is 12.6 Å². The number of rotatable bonds is 6. The second-order valence-electron chi connectivity index (χ2n) is 5.97. The molecule has 4 nitrogen and oxygen atoms in total. The van der Waals surface area contributed by atoms with Gasteiger partial charge in [0, 0.05) is 16.1 Å². The minimum absolute atomic E-state index is 0.0529. The van der Waals surface area contributed by atoms with E-state index in [1.807, 2.05) is 54.6 Å². The summed E-state index contributed by atoms with van der Waals surface area (Å²) in [6.45, 7) is 0.605. The lowest BCUT2D eigenvalue weighted by Crippen LogP contribution is -2.83. The fourth-order valence-corrected chi connectivity index (χ4v) is 3.04. The van der Waals surface area contributed by atoms with Crippen LogP contribution in [0.3, 0.4) is 0 Å². The molecule has 0 unspecified atom stereocenters. The lowest BCUT2D eigenvalue weighted by molar-refractivity contribution is -0.706. The summed E-state index contributed by atoms with van der Waals surface area (Å²) in [6, 6.07) is 21.7. The molecule has 0 aliphatic carbocycles. The Hall–Kier alpha value is -2.82. The van der Waals surface area contributed by atoms with Crippen molar-refractivity contribution in [3.63, 3.8) is 0 Å². The maximum atomic E-state index is 5.94. The van der Waals surface area contributed by atoms with Crippen LogP contribution in [-0.4, -0.2) is 4.98 Å². The Balaban J connectivity index is 1.51. The molecular formula is C21H18ClN2O2+. The topological polar surface area (TPSA) is 55.8 Å². The molecule has 0 bridgehead atoms. The van der Waals surface area contributed by atoms with Crippen molar-refractivity contribution >= 4 is 11.6 Å². The molecular weight excluding hydrogens is 348 g/mol. The first-order valence-corrected chi connectivity index (χ1v) is 8.80. The molecule has 0 saturated carbocycles. The largest absolute Gasteiger partial charge is 0.463 e. The van der Waals surface area contributed by atoms with Crippen LogP contribution in [0.15, 0.2) is 88.0 Å². The van der Waals surface area contributed by atoms with Gasteiger partial charge < -0.3 is 14.2 Å². The Bertz CT molecular complexity index is 947. The quantitative estimate of drug-likeness (QED) is 0.549. The van der Waals surface area contributed by atoms with Gasteiger partial charge in [0.25, 0.3) is 5.89 Å². The van der Waals surface area contributed by atoms with Gasteiger partial charge in [-0.1, -0.05) is 41.9 Å². The number of nitrogens with two attached hydrogens (primary N) is 1.